The lowest BCUT2D eigenvalue weighted by Crippen LogP contribution is -2.45. The summed E-state index contributed by atoms with van der Waals surface area (Å²) in [5.74, 6) is -0.989. The zero-order chi connectivity index (χ0) is 29.1. The van der Waals surface area contributed by atoms with Crippen LogP contribution in [0.4, 0.5) is 13.2 Å². The number of carboxylic acid groups (broad SMARTS) is 1. The molecule has 0 saturated carbocycles. The fourth-order valence-electron chi connectivity index (χ4n) is 6.66. The molecule has 0 unspecified atom stereocenters. The maximum atomic E-state index is 14.2. The average Bonchev–Trinajstić information content (AvgIpc) is 3.54. The van der Waals surface area contributed by atoms with Crippen molar-refractivity contribution in [1.29, 1.82) is 0 Å². The number of carbonyl (C=O) groups is 1. The van der Waals surface area contributed by atoms with Gasteiger partial charge in [0.25, 0.3) is 6.43 Å². The fourth-order valence-corrected chi connectivity index (χ4v) is 6.66. The Kier molecular flexibility index (Phi) is 8.85. The molecule has 5 rings (SSSR count). The Balaban J connectivity index is 1.27. The Morgan fingerprint density at radius 3 is 2.46 bits per heavy atom. The van der Waals surface area contributed by atoms with Crippen molar-refractivity contribution in [2.24, 2.45) is 5.92 Å². The number of rotatable bonds is 10. The van der Waals surface area contributed by atoms with Crippen LogP contribution in [0, 0.1) is 11.7 Å². The van der Waals surface area contributed by atoms with Gasteiger partial charge in [-0.05, 0) is 55.9 Å². The molecule has 3 aromatic rings. The van der Waals surface area contributed by atoms with Gasteiger partial charge in [0.15, 0.2) is 5.82 Å². The van der Waals surface area contributed by atoms with Crippen molar-refractivity contribution in [2.45, 2.75) is 63.5 Å². The summed E-state index contributed by atoms with van der Waals surface area (Å²) in [6, 6.07) is 16.4. The molecule has 0 radical (unpaired) electrons. The van der Waals surface area contributed by atoms with E-state index in [0.717, 1.165) is 50.1 Å². The van der Waals surface area contributed by atoms with E-state index in [1.165, 1.54) is 6.07 Å². The summed E-state index contributed by atoms with van der Waals surface area (Å²) in [5.41, 5.74) is 2.10. The highest BCUT2D eigenvalue weighted by atomic mass is 19.3. The van der Waals surface area contributed by atoms with E-state index in [9.17, 15) is 23.1 Å². The second-order valence-electron chi connectivity index (χ2n) is 12.2. The van der Waals surface area contributed by atoms with Crippen LogP contribution in [0.2, 0.25) is 0 Å². The van der Waals surface area contributed by atoms with Crippen LogP contribution in [0.25, 0.3) is 0 Å². The van der Waals surface area contributed by atoms with Crippen LogP contribution in [-0.2, 0) is 11.2 Å². The largest absolute Gasteiger partial charge is 0.481 e. The molecule has 0 spiro atoms. The summed E-state index contributed by atoms with van der Waals surface area (Å²) in [7, 11) is 0. The van der Waals surface area contributed by atoms with Gasteiger partial charge in [-0.25, -0.2) is 18.2 Å². The number of benzene rings is 2. The van der Waals surface area contributed by atoms with E-state index >= 15 is 0 Å². The molecule has 2 atom stereocenters. The van der Waals surface area contributed by atoms with Crippen LogP contribution in [0.3, 0.4) is 0 Å². The minimum Gasteiger partial charge on any atom is -0.481 e. The van der Waals surface area contributed by atoms with Gasteiger partial charge in [0.1, 0.15) is 5.82 Å². The highest BCUT2D eigenvalue weighted by Crippen LogP contribution is 2.39. The van der Waals surface area contributed by atoms with Crippen LogP contribution >= 0.6 is 0 Å². The van der Waals surface area contributed by atoms with E-state index in [1.54, 1.807) is 22.9 Å². The number of nitrogens with zero attached hydrogens (tertiary/aromatic N) is 4. The number of hydrogen-bond acceptors (Lipinski definition) is 4. The van der Waals surface area contributed by atoms with E-state index in [1.807, 2.05) is 50.2 Å². The first-order valence-electron chi connectivity index (χ1n) is 14.4. The molecule has 2 aliphatic rings. The third-order valence-electron chi connectivity index (χ3n) is 8.83. The van der Waals surface area contributed by atoms with Crippen LogP contribution < -0.4 is 0 Å². The molecule has 2 fully saturated rings. The van der Waals surface area contributed by atoms with E-state index in [2.05, 4.69) is 14.8 Å². The number of aliphatic carboxylic acids is 1. The van der Waals surface area contributed by atoms with Gasteiger partial charge in [-0.1, -0.05) is 42.5 Å². The van der Waals surface area contributed by atoms with Gasteiger partial charge in [-0.2, -0.15) is 0 Å². The zero-order valence-electron chi connectivity index (χ0n) is 23.7. The lowest BCUT2D eigenvalue weighted by atomic mass is 9.88. The quantitative estimate of drug-likeness (QED) is 0.318. The topological polar surface area (TPSA) is 61.6 Å². The van der Waals surface area contributed by atoms with Crippen molar-refractivity contribution in [3.63, 3.8) is 0 Å². The second kappa shape index (κ2) is 12.4. The molecule has 2 saturated heterocycles. The van der Waals surface area contributed by atoms with Crippen molar-refractivity contribution in [3.8, 4) is 0 Å². The maximum absolute atomic E-state index is 14.2. The van der Waals surface area contributed by atoms with E-state index in [0.29, 0.717) is 18.7 Å². The third-order valence-corrected chi connectivity index (χ3v) is 8.83. The Bertz CT molecular complexity index is 1320. The number of piperidine rings is 1. The molecule has 3 heterocycles. The molecule has 2 aromatic carbocycles. The Morgan fingerprint density at radius 2 is 1.80 bits per heavy atom. The zero-order valence-corrected chi connectivity index (χ0v) is 23.7. The molecule has 0 amide bonds. The molecule has 6 nitrogen and oxygen atoms in total. The molecule has 0 aliphatic carbocycles. The van der Waals surface area contributed by atoms with Gasteiger partial charge in [0.05, 0.1) is 12.1 Å². The Labute approximate surface area is 239 Å². The molecular weight excluding hydrogens is 529 g/mol. The van der Waals surface area contributed by atoms with Crippen molar-refractivity contribution < 1.29 is 23.1 Å². The predicted octanol–water partition coefficient (Wildman–Crippen LogP) is 6.16. The van der Waals surface area contributed by atoms with Crippen molar-refractivity contribution in [2.75, 3.05) is 32.7 Å². The second-order valence-corrected chi connectivity index (χ2v) is 12.2. The maximum Gasteiger partial charge on any atom is 0.305 e. The summed E-state index contributed by atoms with van der Waals surface area (Å²) in [6.07, 6.45) is 1.20. The molecule has 1 N–H and O–H groups in total. The summed E-state index contributed by atoms with van der Waals surface area (Å²) >= 11 is 0. The van der Waals surface area contributed by atoms with Crippen LogP contribution in [0.1, 0.15) is 74.1 Å². The van der Waals surface area contributed by atoms with Crippen LogP contribution in [0.5, 0.6) is 0 Å². The highest BCUT2D eigenvalue weighted by molar-refractivity contribution is 5.68. The van der Waals surface area contributed by atoms with Crippen molar-refractivity contribution in [1.82, 2.24) is 19.4 Å². The van der Waals surface area contributed by atoms with Gasteiger partial charge >= 0.3 is 5.97 Å². The number of hydrogen-bond donors (Lipinski definition) is 1. The Morgan fingerprint density at radius 1 is 1.07 bits per heavy atom. The van der Waals surface area contributed by atoms with E-state index < -0.39 is 17.9 Å². The van der Waals surface area contributed by atoms with Gasteiger partial charge < -0.3 is 14.6 Å². The molecular formula is C32H39F3N4O2. The lowest BCUT2D eigenvalue weighted by molar-refractivity contribution is -0.139. The average molecular weight is 569 g/mol. The number of aromatic nitrogens is 2. The normalized spacial score (nSPS) is 21.1. The summed E-state index contributed by atoms with van der Waals surface area (Å²) in [4.78, 5) is 20.4. The smallest absolute Gasteiger partial charge is 0.305 e. The molecule has 1 aromatic heterocycles. The first kappa shape index (κ1) is 29.3. The van der Waals surface area contributed by atoms with Gasteiger partial charge in [-0.3, -0.25) is 9.69 Å². The first-order valence-corrected chi connectivity index (χ1v) is 14.4. The van der Waals surface area contributed by atoms with Gasteiger partial charge in [0, 0.05) is 62.8 Å². The van der Waals surface area contributed by atoms with Crippen LogP contribution in [-0.4, -0.2) is 68.7 Å². The SMILES string of the molecule is CC(C)(CC(=O)O)N1C[C@H](CN2CCC(n3cc(Cc4ccccc4)nc3C(F)F)CC2)[C@@H](c2cccc(F)c2)C1. The van der Waals surface area contributed by atoms with Gasteiger partial charge in [-0.15, -0.1) is 0 Å². The molecule has 41 heavy (non-hydrogen) atoms. The van der Waals surface area contributed by atoms with Crippen molar-refractivity contribution in [3.05, 3.63) is 89.3 Å². The number of likely N-dealkylation sites (tertiary alicyclic amines) is 2. The molecule has 0 bridgehead atoms. The van der Waals surface area contributed by atoms with Crippen LogP contribution in [0.15, 0.2) is 60.8 Å². The summed E-state index contributed by atoms with van der Waals surface area (Å²) in [6.45, 7) is 7.63. The third kappa shape index (κ3) is 7.01. The fraction of sp³-hybridized carbons (Fsp3) is 0.500. The number of imidazole rings is 1. The predicted molar refractivity (Wildman–Crippen MR) is 152 cm³/mol. The number of alkyl halides is 2. The van der Waals surface area contributed by atoms with E-state index in [4.69, 9.17) is 0 Å². The molecule has 9 heteroatoms. The standard InChI is InChI=1S/C32H39F3N4O2/c1-32(2,17-29(40)41)38-19-24(28(21-38)23-9-6-10-25(33)16-23)18-37-13-11-27(12-14-37)39-20-26(36-31(39)30(34)35)15-22-7-4-3-5-8-22/h3-10,16,20,24,27-28,30H,11-15,17-19,21H2,1-2H3,(H,40,41)/t24-,28+/m0/s1. The van der Waals surface area contributed by atoms with E-state index in [-0.39, 0.29) is 35.9 Å². The Hall–Kier alpha value is -3.17. The minimum absolute atomic E-state index is 0.0324. The first-order chi connectivity index (χ1) is 19.6. The number of carboxylic acids is 1. The number of halogens is 3. The summed E-state index contributed by atoms with van der Waals surface area (Å²) in [5, 5.41) is 9.47. The minimum atomic E-state index is -2.64. The summed E-state index contributed by atoms with van der Waals surface area (Å²) < 4.78 is 43.8. The highest BCUT2D eigenvalue weighted by Gasteiger charge is 2.42. The molecule has 2 aliphatic heterocycles. The van der Waals surface area contributed by atoms with Crippen molar-refractivity contribution >= 4 is 5.97 Å². The lowest BCUT2D eigenvalue weighted by Gasteiger charge is -2.36. The van der Waals surface area contributed by atoms with Gasteiger partial charge in [0.2, 0.25) is 0 Å². The molecule has 220 valence electrons. The monoisotopic (exact) mass is 568 g/mol.